The van der Waals surface area contributed by atoms with Crippen LogP contribution in [0.4, 0.5) is 4.79 Å². The molecule has 0 saturated heterocycles. The first kappa shape index (κ1) is 21.6. The average Bonchev–Trinajstić information content (AvgIpc) is 2.80. The van der Waals surface area contributed by atoms with E-state index >= 15 is 0 Å². The number of oxime groups is 1. The Hall–Kier alpha value is -3.60. The van der Waals surface area contributed by atoms with Crippen LogP contribution in [0, 0.1) is 5.92 Å². The molecular formula is C27H27NO4. The smallest absolute Gasteiger partial charge is 0.449 e. The number of hydrogen-bond donors (Lipinski definition) is 1. The number of carboxylic acid groups (broad SMARTS) is 1. The van der Waals surface area contributed by atoms with Crippen molar-refractivity contribution in [1.29, 1.82) is 0 Å². The highest BCUT2D eigenvalue weighted by molar-refractivity contribution is 5.81. The second-order valence-corrected chi connectivity index (χ2v) is 8.21. The summed E-state index contributed by atoms with van der Waals surface area (Å²) in [5.41, 5.74) is 5.24. The van der Waals surface area contributed by atoms with Crippen LogP contribution < -0.4 is 4.74 Å². The van der Waals surface area contributed by atoms with Crippen LogP contribution in [-0.4, -0.2) is 17.0 Å². The third-order valence-corrected chi connectivity index (χ3v) is 5.84. The van der Waals surface area contributed by atoms with Gasteiger partial charge in [-0.1, -0.05) is 78.0 Å². The van der Waals surface area contributed by atoms with Gasteiger partial charge in [0, 0.05) is 0 Å². The Morgan fingerprint density at radius 1 is 1.00 bits per heavy atom. The van der Waals surface area contributed by atoms with E-state index in [4.69, 9.17) is 14.7 Å². The summed E-state index contributed by atoms with van der Waals surface area (Å²) in [4.78, 5) is 17.0. The summed E-state index contributed by atoms with van der Waals surface area (Å²) in [5, 5.41) is 13.5. The monoisotopic (exact) mass is 429 g/mol. The quantitative estimate of drug-likeness (QED) is 0.204. The van der Waals surface area contributed by atoms with Crippen LogP contribution in [-0.2, 0) is 17.7 Å². The molecule has 5 heteroatoms. The van der Waals surface area contributed by atoms with Crippen LogP contribution in [0.3, 0.4) is 0 Å². The molecule has 0 saturated carbocycles. The number of rotatable bonds is 7. The third-order valence-electron chi connectivity index (χ3n) is 5.84. The van der Waals surface area contributed by atoms with E-state index in [0.29, 0.717) is 11.7 Å². The molecule has 0 fully saturated rings. The Morgan fingerprint density at radius 2 is 1.66 bits per heavy atom. The van der Waals surface area contributed by atoms with Crippen molar-refractivity contribution < 1.29 is 19.5 Å². The zero-order valence-electron chi connectivity index (χ0n) is 18.1. The summed E-state index contributed by atoms with van der Waals surface area (Å²) in [5.74, 6) is 0.887. The molecule has 1 aliphatic rings. The van der Waals surface area contributed by atoms with E-state index in [0.717, 1.165) is 53.6 Å². The third kappa shape index (κ3) is 5.35. The standard InChI is InChI=1S/C27H27NO4/c1-19(17-20-15-16-24-23(18-20)13-8-14-25(24)31-27(29)30)28-32-26(21-9-4-2-5-10-21)22-11-6-3-7-12-22/h2-14,20,26H,15-18H2,1H3,(H,29,30)/b28-19+. The van der Waals surface area contributed by atoms with Crippen molar-refractivity contribution in [2.75, 3.05) is 0 Å². The molecular weight excluding hydrogens is 402 g/mol. The average molecular weight is 430 g/mol. The van der Waals surface area contributed by atoms with Crippen LogP contribution in [0.25, 0.3) is 0 Å². The zero-order valence-corrected chi connectivity index (χ0v) is 18.1. The van der Waals surface area contributed by atoms with E-state index in [-0.39, 0.29) is 6.10 Å². The van der Waals surface area contributed by atoms with Crippen LogP contribution in [0.1, 0.15) is 48.1 Å². The maximum Gasteiger partial charge on any atom is 0.511 e. The van der Waals surface area contributed by atoms with Crippen LogP contribution in [0.15, 0.2) is 84.0 Å². The largest absolute Gasteiger partial charge is 0.511 e. The van der Waals surface area contributed by atoms with Crippen molar-refractivity contribution in [2.45, 2.75) is 38.7 Å². The van der Waals surface area contributed by atoms with Gasteiger partial charge in [-0.3, -0.25) is 0 Å². The van der Waals surface area contributed by atoms with E-state index in [1.807, 2.05) is 49.4 Å². The van der Waals surface area contributed by atoms with E-state index in [1.54, 1.807) is 6.07 Å². The van der Waals surface area contributed by atoms with E-state index in [9.17, 15) is 4.79 Å². The maximum atomic E-state index is 10.9. The van der Waals surface area contributed by atoms with Gasteiger partial charge < -0.3 is 14.7 Å². The van der Waals surface area contributed by atoms with E-state index in [1.165, 1.54) is 0 Å². The highest BCUT2D eigenvalue weighted by Gasteiger charge is 2.23. The molecule has 0 aliphatic heterocycles. The summed E-state index contributed by atoms with van der Waals surface area (Å²) in [6.45, 7) is 2.01. The fourth-order valence-electron chi connectivity index (χ4n) is 4.38. The minimum Gasteiger partial charge on any atom is -0.449 e. The second-order valence-electron chi connectivity index (χ2n) is 8.21. The molecule has 164 valence electrons. The van der Waals surface area contributed by atoms with Crippen LogP contribution in [0.2, 0.25) is 0 Å². The minimum absolute atomic E-state index is 0.254. The zero-order chi connectivity index (χ0) is 22.3. The highest BCUT2D eigenvalue weighted by atomic mass is 16.7. The van der Waals surface area contributed by atoms with Crippen molar-refractivity contribution in [3.05, 3.63) is 101 Å². The fraction of sp³-hybridized carbons (Fsp3) is 0.259. The van der Waals surface area contributed by atoms with Gasteiger partial charge in [-0.15, -0.1) is 0 Å². The van der Waals surface area contributed by atoms with Gasteiger partial charge in [0.2, 0.25) is 0 Å². The van der Waals surface area contributed by atoms with Gasteiger partial charge in [0.1, 0.15) is 5.75 Å². The Kier molecular flexibility index (Phi) is 6.85. The van der Waals surface area contributed by atoms with Crippen LogP contribution >= 0.6 is 0 Å². The first-order valence-corrected chi connectivity index (χ1v) is 10.9. The lowest BCUT2D eigenvalue weighted by Crippen LogP contribution is -2.18. The van der Waals surface area contributed by atoms with Crippen LogP contribution in [0.5, 0.6) is 5.75 Å². The summed E-state index contributed by atoms with van der Waals surface area (Å²) >= 11 is 0. The van der Waals surface area contributed by atoms with Gasteiger partial charge in [0.25, 0.3) is 0 Å². The van der Waals surface area contributed by atoms with E-state index < -0.39 is 6.16 Å². The Morgan fingerprint density at radius 3 is 2.28 bits per heavy atom. The number of benzene rings is 3. The predicted molar refractivity (Wildman–Crippen MR) is 124 cm³/mol. The fourth-order valence-corrected chi connectivity index (χ4v) is 4.38. The van der Waals surface area contributed by atoms with Crippen molar-refractivity contribution in [1.82, 2.24) is 0 Å². The van der Waals surface area contributed by atoms with Gasteiger partial charge >= 0.3 is 6.16 Å². The number of fused-ring (bicyclic) bond motifs is 1. The molecule has 1 unspecified atom stereocenters. The molecule has 1 N–H and O–H groups in total. The lowest BCUT2D eigenvalue weighted by atomic mass is 9.81. The Labute approximate surface area is 188 Å². The second kappa shape index (κ2) is 10.1. The van der Waals surface area contributed by atoms with Crippen molar-refractivity contribution in [2.24, 2.45) is 11.1 Å². The molecule has 1 atom stereocenters. The number of hydrogen-bond acceptors (Lipinski definition) is 4. The molecule has 0 aromatic heterocycles. The summed E-state index contributed by atoms with van der Waals surface area (Å²) < 4.78 is 4.95. The lowest BCUT2D eigenvalue weighted by Gasteiger charge is -2.25. The molecule has 3 aromatic rings. The Balaban J connectivity index is 1.44. The topological polar surface area (TPSA) is 68.1 Å². The molecule has 0 heterocycles. The van der Waals surface area contributed by atoms with Gasteiger partial charge in [0.05, 0.1) is 5.71 Å². The van der Waals surface area contributed by atoms with Crippen molar-refractivity contribution in [3.8, 4) is 5.75 Å². The summed E-state index contributed by atoms with van der Waals surface area (Å²) in [6, 6.07) is 25.9. The molecule has 32 heavy (non-hydrogen) atoms. The molecule has 3 aromatic carbocycles. The van der Waals surface area contributed by atoms with Gasteiger partial charge in [-0.05, 0) is 66.8 Å². The number of nitrogens with zero attached hydrogens (tertiary/aromatic N) is 1. The van der Waals surface area contributed by atoms with Gasteiger partial charge in [-0.2, -0.15) is 0 Å². The molecule has 0 amide bonds. The molecule has 0 spiro atoms. The highest BCUT2D eigenvalue weighted by Crippen LogP contribution is 2.34. The molecule has 5 nitrogen and oxygen atoms in total. The predicted octanol–water partition coefficient (Wildman–Crippen LogP) is 6.42. The number of carbonyl (C=O) groups is 1. The van der Waals surface area contributed by atoms with Crippen molar-refractivity contribution >= 4 is 11.9 Å². The van der Waals surface area contributed by atoms with E-state index in [2.05, 4.69) is 35.5 Å². The molecule has 0 bridgehead atoms. The maximum absolute atomic E-state index is 10.9. The van der Waals surface area contributed by atoms with Gasteiger partial charge in [-0.25, -0.2) is 4.79 Å². The Bertz CT molecular complexity index is 1040. The molecule has 1 aliphatic carbocycles. The van der Waals surface area contributed by atoms with Crippen molar-refractivity contribution in [3.63, 3.8) is 0 Å². The lowest BCUT2D eigenvalue weighted by molar-refractivity contribution is 0.0864. The van der Waals surface area contributed by atoms with Gasteiger partial charge in [0.15, 0.2) is 6.10 Å². The molecule has 0 radical (unpaired) electrons. The minimum atomic E-state index is -1.27. The summed E-state index contributed by atoms with van der Waals surface area (Å²) in [7, 11) is 0. The molecule has 4 rings (SSSR count). The normalized spacial score (nSPS) is 15.8. The number of ether oxygens (including phenoxy) is 1. The first-order chi connectivity index (χ1) is 15.6. The SMILES string of the molecule is C/C(CC1CCc2c(cccc2OC(=O)O)C1)=N\OC(c1ccccc1)c1ccccc1. The first-order valence-electron chi connectivity index (χ1n) is 10.9. The summed E-state index contributed by atoms with van der Waals surface area (Å²) in [6.07, 6.45) is 1.94.